The fourth-order valence-corrected chi connectivity index (χ4v) is 2.66. The van der Waals surface area contributed by atoms with Crippen LogP contribution in [0.1, 0.15) is 24.2 Å². The van der Waals surface area contributed by atoms with Crippen LogP contribution in [0, 0.1) is 17.0 Å². The highest BCUT2D eigenvalue weighted by molar-refractivity contribution is 5.76. The van der Waals surface area contributed by atoms with Crippen LogP contribution in [-0.4, -0.2) is 51.7 Å². The fraction of sp³-hybridized carbons (Fsp3) is 0.692. The number of aromatic nitrogens is 2. The number of hydrogen-bond acceptors (Lipinski definition) is 5. The predicted molar refractivity (Wildman–Crippen MR) is 77.3 cm³/mol. The second kappa shape index (κ2) is 6.75. The quantitative estimate of drug-likeness (QED) is 0.654. The number of halogens is 3. The van der Waals surface area contributed by atoms with Crippen LogP contribution in [0.15, 0.2) is 0 Å². The average Bonchev–Trinajstić information content (AvgIpc) is 2.79. The van der Waals surface area contributed by atoms with Crippen molar-refractivity contribution in [3.8, 4) is 0 Å². The Bertz CT molecular complexity index is 636. The maximum Gasteiger partial charge on any atom is 0.442 e. The first-order chi connectivity index (χ1) is 11.1. The van der Waals surface area contributed by atoms with Gasteiger partial charge in [-0.2, -0.15) is 18.3 Å². The van der Waals surface area contributed by atoms with E-state index in [0.29, 0.717) is 0 Å². The lowest BCUT2D eigenvalue weighted by molar-refractivity contribution is -0.388. The fourth-order valence-electron chi connectivity index (χ4n) is 2.66. The van der Waals surface area contributed by atoms with Crippen molar-refractivity contribution in [3.63, 3.8) is 0 Å². The Morgan fingerprint density at radius 3 is 2.46 bits per heavy atom. The Balaban J connectivity index is 2.12. The van der Waals surface area contributed by atoms with E-state index in [9.17, 15) is 28.1 Å². The van der Waals surface area contributed by atoms with E-state index in [4.69, 9.17) is 0 Å². The molecule has 1 saturated heterocycles. The lowest BCUT2D eigenvalue weighted by Gasteiger charge is -2.29. The van der Waals surface area contributed by atoms with Crippen LogP contribution in [0.2, 0.25) is 0 Å². The predicted octanol–water partition coefficient (Wildman–Crippen LogP) is 1.33. The van der Waals surface area contributed by atoms with Crippen molar-refractivity contribution in [1.29, 1.82) is 0 Å². The van der Waals surface area contributed by atoms with Gasteiger partial charge < -0.3 is 10.2 Å². The summed E-state index contributed by atoms with van der Waals surface area (Å²) in [6.07, 6.45) is -3.47. The molecule has 0 atom stereocenters. The minimum Gasteiger partial charge on any atom is -0.352 e. The van der Waals surface area contributed by atoms with Crippen LogP contribution in [0.3, 0.4) is 0 Å². The van der Waals surface area contributed by atoms with Gasteiger partial charge in [0.15, 0.2) is 0 Å². The van der Waals surface area contributed by atoms with Crippen molar-refractivity contribution >= 4 is 11.6 Å². The van der Waals surface area contributed by atoms with E-state index in [2.05, 4.69) is 15.3 Å². The van der Waals surface area contributed by atoms with Gasteiger partial charge in [-0.1, -0.05) is 0 Å². The summed E-state index contributed by atoms with van der Waals surface area (Å²) in [6.45, 7) is 2.28. The van der Waals surface area contributed by atoms with Gasteiger partial charge in [0.2, 0.25) is 11.6 Å². The van der Waals surface area contributed by atoms with Crippen LogP contribution in [0.25, 0.3) is 0 Å². The highest BCUT2D eigenvalue weighted by atomic mass is 19.4. The molecule has 1 N–H and O–H groups in total. The third-order valence-electron chi connectivity index (χ3n) is 4.00. The zero-order chi connectivity index (χ0) is 18.1. The van der Waals surface area contributed by atoms with Gasteiger partial charge in [0.1, 0.15) is 12.2 Å². The number of nitrogens with zero attached hydrogens (tertiary/aromatic N) is 4. The molecular formula is C13H18F3N5O3. The first-order valence-electron chi connectivity index (χ1n) is 7.36. The zero-order valence-electron chi connectivity index (χ0n) is 13.3. The SMILES string of the molecule is Cc1c([N+](=O)[O-])c(C(F)(F)F)nn1CC(=O)NC1CCN(C)CC1. The molecule has 1 aliphatic rings. The van der Waals surface area contributed by atoms with Gasteiger partial charge in [-0.25, -0.2) is 0 Å². The summed E-state index contributed by atoms with van der Waals surface area (Å²) in [7, 11) is 1.96. The molecule has 8 nitrogen and oxygen atoms in total. The van der Waals surface area contributed by atoms with E-state index in [1.807, 2.05) is 7.05 Å². The lowest BCUT2D eigenvalue weighted by Crippen LogP contribution is -2.44. The Morgan fingerprint density at radius 2 is 2.00 bits per heavy atom. The van der Waals surface area contributed by atoms with Crippen molar-refractivity contribution in [1.82, 2.24) is 20.0 Å². The van der Waals surface area contributed by atoms with E-state index in [1.54, 1.807) is 0 Å². The molecule has 11 heteroatoms. The molecule has 1 aromatic heterocycles. The number of rotatable bonds is 4. The molecule has 0 unspecified atom stereocenters. The largest absolute Gasteiger partial charge is 0.442 e. The highest BCUT2D eigenvalue weighted by Crippen LogP contribution is 2.36. The van der Waals surface area contributed by atoms with E-state index < -0.39 is 34.9 Å². The molecule has 134 valence electrons. The summed E-state index contributed by atoms with van der Waals surface area (Å²) in [5.74, 6) is -0.515. The van der Waals surface area contributed by atoms with Gasteiger partial charge in [-0.05, 0) is 39.9 Å². The molecule has 0 aliphatic carbocycles. The van der Waals surface area contributed by atoms with E-state index >= 15 is 0 Å². The molecule has 24 heavy (non-hydrogen) atoms. The van der Waals surface area contributed by atoms with E-state index in [-0.39, 0.29) is 11.7 Å². The first-order valence-corrected chi connectivity index (χ1v) is 7.36. The number of hydrogen-bond donors (Lipinski definition) is 1. The number of nitro groups is 1. The van der Waals surface area contributed by atoms with Gasteiger partial charge >= 0.3 is 11.9 Å². The average molecular weight is 349 g/mol. The molecule has 0 saturated carbocycles. The molecule has 1 aromatic rings. The minimum atomic E-state index is -4.96. The number of alkyl halides is 3. The molecule has 0 bridgehead atoms. The number of amides is 1. The highest BCUT2D eigenvalue weighted by Gasteiger charge is 2.44. The molecule has 2 rings (SSSR count). The van der Waals surface area contributed by atoms with Gasteiger partial charge in [-0.3, -0.25) is 19.6 Å². The maximum atomic E-state index is 12.9. The number of carbonyl (C=O) groups excluding carboxylic acids is 1. The normalized spacial score (nSPS) is 17.0. The smallest absolute Gasteiger partial charge is 0.352 e. The summed E-state index contributed by atoms with van der Waals surface area (Å²) in [6, 6.07) is -0.0540. The Hall–Kier alpha value is -2.17. The Morgan fingerprint density at radius 1 is 1.42 bits per heavy atom. The van der Waals surface area contributed by atoms with Crippen LogP contribution in [0.5, 0.6) is 0 Å². The van der Waals surface area contributed by atoms with Gasteiger partial charge in [-0.15, -0.1) is 0 Å². The molecule has 1 fully saturated rings. The second-order valence-corrected chi connectivity index (χ2v) is 5.84. The summed E-state index contributed by atoms with van der Waals surface area (Å²) < 4.78 is 39.3. The van der Waals surface area contributed by atoms with Crippen molar-refractivity contribution in [2.24, 2.45) is 0 Å². The van der Waals surface area contributed by atoms with Crippen LogP contribution >= 0.6 is 0 Å². The molecule has 0 spiro atoms. The van der Waals surface area contributed by atoms with Gasteiger partial charge in [0, 0.05) is 6.04 Å². The Kier molecular flexibility index (Phi) is 5.11. The third-order valence-corrected chi connectivity index (χ3v) is 4.00. The van der Waals surface area contributed by atoms with Crippen LogP contribution in [-0.2, 0) is 17.5 Å². The summed E-state index contributed by atoms with van der Waals surface area (Å²) >= 11 is 0. The summed E-state index contributed by atoms with van der Waals surface area (Å²) in [4.78, 5) is 23.9. The molecule has 1 aliphatic heterocycles. The standard InChI is InChI=1S/C13H18F3N5O3/c1-8-11(21(23)24)12(13(14,15)16)18-20(8)7-10(22)17-9-3-5-19(2)6-4-9/h9H,3-7H2,1-2H3,(H,17,22). The van der Waals surface area contributed by atoms with Crippen molar-refractivity contribution in [2.45, 2.75) is 38.5 Å². The van der Waals surface area contributed by atoms with Crippen molar-refractivity contribution in [3.05, 3.63) is 21.5 Å². The Labute approximate surface area is 135 Å². The summed E-state index contributed by atoms with van der Waals surface area (Å²) in [5, 5.41) is 16.8. The number of carbonyl (C=O) groups is 1. The van der Waals surface area contributed by atoms with Gasteiger partial charge in [0.25, 0.3) is 0 Å². The lowest BCUT2D eigenvalue weighted by atomic mass is 10.1. The number of likely N-dealkylation sites (tertiary alicyclic amines) is 1. The molecule has 0 aromatic carbocycles. The molecular weight excluding hydrogens is 331 g/mol. The zero-order valence-corrected chi connectivity index (χ0v) is 13.3. The molecule has 2 heterocycles. The monoisotopic (exact) mass is 349 g/mol. The maximum absolute atomic E-state index is 12.9. The minimum absolute atomic E-state index is 0.0540. The van der Waals surface area contributed by atoms with E-state index in [0.717, 1.165) is 37.5 Å². The van der Waals surface area contributed by atoms with Crippen molar-refractivity contribution < 1.29 is 22.9 Å². The number of piperidine rings is 1. The third kappa shape index (κ3) is 4.02. The van der Waals surface area contributed by atoms with Crippen LogP contribution < -0.4 is 5.32 Å². The van der Waals surface area contributed by atoms with Crippen molar-refractivity contribution in [2.75, 3.05) is 20.1 Å². The van der Waals surface area contributed by atoms with Gasteiger partial charge in [0.05, 0.1) is 4.92 Å². The van der Waals surface area contributed by atoms with E-state index in [1.165, 1.54) is 0 Å². The van der Waals surface area contributed by atoms with Crippen LogP contribution in [0.4, 0.5) is 18.9 Å². The number of nitrogens with one attached hydrogen (secondary N) is 1. The molecule has 0 radical (unpaired) electrons. The second-order valence-electron chi connectivity index (χ2n) is 5.84. The summed E-state index contributed by atoms with van der Waals surface area (Å²) in [5.41, 5.74) is -3.00. The molecule has 1 amide bonds. The first kappa shape index (κ1) is 18.2. The topological polar surface area (TPSA) is 93.3 Å².